The molecular formula is C29H25N3O6S. The molecule has 1 aromatic heterocycles. The van der Waals surface area contributed by atoms with Crippen molar-refractivity contribution < 1.29 is 23.7 Å². The van der Waals surface area contributed by atoms with E-state index in [0.29, 0.717) is 39.9 Å². The maximum Gasteiger partial charge on any atom is 0.273 e. The summed E-state index contributed by atoms with van der Waals surface area (Å²) in [5, 5.41) is 12.8. The summed E-state index contributed by atoms with van der Waals surface area (Å²) in [6.45, 7) is 0. The molecule has 9 nitrogen and oxygen atoms in total. The molecule has 0 radical (unpaired) electrons. The Morgan fingerprint density at radius 1 is 0.872 bits per heavy atom. The molecule has 0 saturated heterocycles. The van der Waals surface area contributed by atoms with Crippen LogP contribution in [0.4, 0.5) is 5.69 Å². The minimum absolute atomic E-state index is 0.173. The molecule has 1 heterocycles. The highest BCUT2D eigenvalue weighted by atomic mass is 32.1. The molecular weight excluding hydrogens is 518 g/mol. The average Bonchev–Trinajstić information content (AvgIpc) is 3.28. The second-order valence-electron chi connectivity index (χ2n) is 7.96. The zero-order chi connectivity index (χ0) is 27.9. The van der Waals surface area contributed by atoms with E-state index in [1.165, 1.54) is 33.0 Å². The summed E-state index contributed by atoms with van der Waals surface area (Å²) in [7, 11) is 5.97. The van der Waals surface area contributed by atoms with Gasteiger partial charge in [0, 0.05) is 5.56 Å². The van der Waals surface area contributed by atoms with Gasteiger partial charge in [-0.05, 0) is 42.5 Å². The molecule has 0 bridgehead atoms. The predicted octanol–water partition coefficient (Wildman–Crippen LogP) is 3.08. The Hall–Kier alpha value is -5.01. The SMILES string of the molecule is COc1ccccc1NC(=O)/C(C#N)=c1/s/c(=C\c2ccc(OC)c(OC)c2OC)c(=O)n1-c1ccccc1. The van der Waals surface area contributed by atoms with Crippen LogP contribution in [0.1, 0.15) is 5.56 Å². The van der Waals surface area contributed by atoms with E-state index in [9.17, 15) is 14.9 Å². The van der Waals surface area contributed by atoms with Crippen molar-refractivity contribution in [3.63, 3.8) is 0 Å². The van der Waals surface area contributed by atoms with E-state index >= 15 is 0 Å². The van der Waals surface area contributed by atoms with Gasteiger partial charge in [0.05, 0.1) is 44.3 Å². The number of anilines is 1. The fourth-order valence-electron chi connectivity index (χ4n) is 3.97. The number of para-hydroxylation sites is 3. The lowest BCUT2D eigenvalue weighted by Crippen LogP contribution is -2.32. The molecule has 3 aromatic carbocycles. The van der Waals surface area contributed by atoms with Crippen LogP contribution in [-0.2, 0) is 4.79 Å². The Morgan fingerprint density at radius 3 is 2.18 bits per heavy atom. The van der Waals surface area contributed by atoms with Crippen LogP contribution in [0.15, 0.2) is 71.5 Å². The summed E-state index contributed by atoms with van der Waals surface area (Å²) in [6.07, 6.45) is 1.63. The topological polar surface area (TPSA) is 112 Å². The van der Waals surface area contributed by atoms with Crippen molar-refractivity contribution in [1.29, 1.82) is 5.26 Å². The van der Waals surface area contributed by atoms with Gasteiger partial charge in [-0.3, -0.25) is 14.2 Å². The Morgan fingerprint density at radius 2 is 1.54 bits per heavy atom. The van der Waals surface area contributed by atoms with Gasteiger partial charge in [0.1, 0.15) is 16.5 Å². The monoisotopic (exact) mass is 543 g/mol. The number of amides is 1. The molecule has 198 valence electrons. The number of nitrogens with zero attached hydrogens (tertiary/aromatic N) is 2. The molecule has 0 spiro atoms. The number of ether oxygens (including phenoxy) is 4. The molecule has 1 N–H and O–H groups in total. The molecule has 0 aliphatic heterocycles. The molecule has 4 aromatic rings. The van der Waals surface area contributed by atoms with Crippen molar-refractivity contribution in [2.45, 2.75) is 0 Å². The molecule has 0 saturated carbocycles. The highest BCUT2D eigenvalue weighted by molar-refractivity contribution is 7.07. The third-order valence-corrected chi connectivity index (χ3v) is 6.86. The fraction of sp³-hybridized carbons (Fsp3) is 0.138. The molecule has 1 amide bonds. The molecule has 0 unspecified atom stereocenters. The highest BCUT2D eigenvalue weighted by Gasteiger charge is 2.19. The van der Waals surface area contributed by atoms with E-state index in [-0.39, 0.29) is 14.8 Å². The number of thiazole rings is 1. The third-order valence-electron chi connectivity index (χ3n) is 5.77. The van der Waals surface area contributed by atoms with E-state index < -0.39 is 11.5 Å². The lowest BCUT2D eigenvalue weighted by atomic mass is 10.1. The molecule has 0 atom stereocenters. The van der Waals surface area contributed by atoms with Gasteiger partial charge in [0.15, 0.2) is 17.1 Å². The molecule has 4 rings (SSSR count). The molecule has 0 aliphatic carbocycles. The maximum absolute atomic E-state index is 13.7. The second-order valence-corrected chi connectivity index (χ2v) is 8.99. The number of nitriles is 1. The number of rotatable bonds is 8. The van der Waals surface area contributed by atoms with E-state index in [2.05, 4.69) is 5.32 Å². The van der Waals surface area contributed by atoms with Gasteiger partial charge in [-0.25, -0.2) is 0 Å². The summed E-state index contributed by atoms with van der Waals surface area (Å²) in [5.74, 6) is 0.964. The smallest absolute Gasteiger partial charge is 0.273 e. The summed E-state index contributed by atoms with van der Waals surface area (Å²) in [6, 6.07) is 21.1. The normalized spacial score (nSPS) is 11.8. The van der Waals surface area contributed by atoms with Crippen LogP contribution in [0.5, 0.6) is 23.0 Å². The largest absolute Gasteiger partial charge is 0.495 e. The van der Waals surface area contributed by atoms with Gasteiger partial charge in [-0.15, -0.1) is 11.3 Å². The first-order chi connectivity index (χ1) is 19.0. The van der Waals surface area contributed by atoms with Gasteiger partial charge in [-0.2, -0.15) is 5.26 Å². The minimum atomic E-state index is -0.678. The van der Waals surface area contributed by atoms with Crippen LogP contribution in [0.25, 0.3) is 17.3 Å². The maximum atomic E-state index is 13.7. The first-order valence-electron chi connectivity index (χ1n) is 11.6. The van der Waals surface area contributed by atoms with Crippen molar-refractivity contribution in [2.24, 2.45) is 0 Å². The summed E-state index contributed by atoms with van der Waals surface area (Å²) in [4.78, 5) is 27.1. The van der Waals surface area contributed by atoms with Gasteiger partial charge in [0.2, 0.25) is 5.75 Å². The van der Waals surface area contributed by atoms with Crippen LogP contribution < -0.4 is 39.0 Å². The van der Waals surface area contributed by atoms with E-state index in [4.69, 9.17) is 18.9 Å². The summed E-state index contributed by atoms with van der Waals surface area (Å²) in [5.41, 5.74) is 0.814. The minimum Gasteiger partial charge on any atom is -0.495 e. The Labute approximate surface area is 228 Å². The molecule has 0 aliphatic rings. The van der Waals surface area contributed by atoms with Crippen molar-refractivity contribution in [3.05, 3.63) is 91.8 Å². The number of hydrogen-bond acceptors (Lipinski definition) is 8. The summed E-state index contributed by atoms with van der Waals surface area (Å²) >= 11 is 1.02. The number of carbonyl (C=O) groups excluding carboxylic acids is 1. The third kappa shape index (κ3) is 5.35. The lowest BCUT2D eigenvalue weighted by molar-refractivity contribution is -0.111. The Bertz CT molecular complexity index is 1740. The van der Waals surface area contributed by atoms with Crippen LogP contribution >= 0.6 is 11.3 Å². The van der Waals surface area contributed by atoms with Crippen LogP contribution in [-0.4, -0.2) is 38.9 Å². The molecule has 10 heteroatoms. The number of methoxy groups -OCH3 is 4. The number of aromatic nitrogens is 1. The zero-order valence-electron chi connectivity index (χ0n) is 21.7. The van der Waals surface area contributed by atoms with Crippen LogP contribution in [0.3, 0.4) is 0 Å². The van der Waals surface area contributed by atoms with Gasteiger partial charge in [-0.1, -0.05) is 30.3 Å². The summed E-state index contributed by atoms with van der Waals surface area (Å²) < 4.78 is 23.5. The van der Waals surface area contributed by atoms with Crippen molar-refractivity contribution in [1.82, 2.24) is 4.57 Å². The van der Waals surface area contributed by atoms with E-state index in [0.717, 1.165) is 11.3 Å². The molecule has 39 heavy (non-hydrogen) atoms. The first-order valence-corrected chi connectivity index (χ1v) is 12.5. The molecule has 0 fully saturated rings. The number of nitrogens with one attached hydrogen (secondary N) is 1. The van der Waals surface area contributed by atoms with Gasteiger partial charge >= 0.3 is 0 Å². The zero-order valence-corrected chi connectivity index (χ0v) is 22.5. The van der Waals surface area contributed by atoms with Crippen molar-refractivity contribution >= 4 is 34.6 Å². The van der Waals surface area contributed by atoms with E-state index in [1.807, 2.05) is 12.1 Å². The van der Waals surface area contributed by atoms with Crippen molar-refractivity contribution in [3.8, 4) is 34.8 Å². The number of carbonyl (C=O) groups is 1. The van der Waals surface area contributed by atoms with Crippen molar-refractivity contribution in [2.75, 3.05) is 33.8 Å². The quantitative estimate of drug-likeness (QED) is 0.364. The standard InChI is InChI=1S/C29H25N3O6S/c1-35-22-13-9-8-12-21(22)31-27(33)20(17-30)29-32(19-10-6-5-7-11-19)28(34)24(39-29)16-18-14-15-23(36-2)26(38-4)25(18)37-3/h5-16H,1-4H3,(H,31,33)/b24-16-,29-20+. The Kier molecular flexibility index (Phi) is 8.33. The number of hydrogen-bond donors (Lipinski definition) is 1. The van der Waals surface area contributed by atoms with Crippen LogP contribution in [0, 0.1) is 11.3 Å². The van der Waals surface area contributed by atoms with Gasteiger partial charge < -0.3 is 24.3 Å². The van der Waals surface area contributed by atoms with Gasteiger partial charge in [0.25, 0.3) is 11.5 Å². The highest BCUT2D eigenvalue weighted by Crippen LogP contribution is 2.40. The fourth-order valence-corrected chi connectivity index (χ4v) is 5.06. The predicted molar refractivity (Wildman–Crippen MR) is 149 cm³/mol. The second kappa shape index (κ2) is 12.0. The first kappa shape index (κ1) is 27.0. The average molecular weight is 544 g/mol. The van der Waals surface area contributed by atoms with Crippen LogP contribution in [0.2, 0.25) is 0 Å². The Balaban J connectivity index is 1.99. The number of benzene rings is 3. The lowest BCUT2D eigenvalue weighted by Gasteiger charge is -2.13. The van der Waals surface area contributed by atoms with E-state index in [1.54, 1.807) is 66.7 Å².